The fourth-order valence-corrected chi connectivity index (χ4v) is 6.98. The Bertz CT molecular complexity index is 1180. The van der Waals surface area contributed by atoms with Gasteiger partial charge in [0.1, 0.15) is 23.4 Å². The van der Waals surface area contributed by atoms with E-state index in [1.165, 1.54) is 33.1 Å². The first-order chi connectivity index (χ1) is 18.4. The molecule has 0 radical (unpaired) electrons. The molecule has 40 heavy (non-hydrogen) atoms. The van der Waals surface area contributed by atoms with Gasteiger partial charge in [0.05, 0.1) is 24.0 Å². The Kier molecular flexibility index (Phi) is 8.04. The standard InChI is InChI=1S/C31H44O9/c1-16(2)10-24(30(36)28(7,34)26-20(32)12-18(5)14-22(26)39-30)38-25(11-17(3)4)31(37-9)29(8,35)27-21(33)13-19(6)15-23(27)40-31/h10-13,22-27,34-36H,14-15H2,1-9H3/t22-,23-,24?,25?,26+,27+,28+,29+,30-,31-/m0/s1. The van der Waals surface area contributed by atoms with E-state index in [-0.39, 0.29) is 11.6 Å². The quantitative estimate of drug-likeness (QED) is 0.402. The maximum atomic E-state index is 13.1. The fraction of sp³-hybridized carbons (Fsp3) is 0.677. The molecule has 2 saturated heterocycles. The molecule has 0 saturated carbocycles. The zero-order valence-corrected chi connectivity index (χ0v) is 25.0. The van der Waals surface area contributed by atoms with Gasteiger partial charge >= 0.3 is 0 Å². The second kappa shape index (κ2) is 10.4. The van der Waals surface area contributed by atoms with Gasteiger partial charge in [-0.25, -0.2) is 0 Å². The topological polar surface area (TPSA) is 132 Å². The van der Waals surface area contributed by atoms with Crippen LogP contribution in [0.5, 0.6) is 0 Å². The molecule has 222 valence electrons. The smallest absolute Gasteiger partial charge is 0.228 e. The van der Waals surface area contributed by atoms with Crippen LogP contribution in [0.2, 0.25) is 0 Å². The van der Waals surface area contributed by atoms with Crippen LogP contribution in [0.3, 0.4) is 0 Å². The van der Waals surface area contributed by atoms with Gasteiger partial charge in [-0.2, -0.15) is 0 Å². The normalized spacial score (nSPS) is 42.4. The molecule has 0 spiro atoms. The van der Waals surface area contributed by atoms with E-state index >= 15 is 0 Å². The molecule has 0 aromatic carbocycles. The second-order valence-electron chi connectivity index (χ2n) is 12.8. The largest absolute Gasteiger partial charge is 0.384 e. The summed E-state index contributed by atoms with van der Waals surface area (Å²) in [6, 6.07) is 0. The van der Waals surface area contributed by atoms with E-state index in [1.807, 2.05) is 20.8 Å². The van der Waals surface area contributed by atoms with E-state index in [4.69, 9.17) is 18.9 Å². The number of hydrogen-bond donors (Lipinski definition) is 3. The Labute approximate surface area is 236 Å². The molecular formula is C31H44O9. The molecule has 0 aromatic rings. The summed E-state index contributed by atoms with van der Waals surface area (Å²) in [6.45, 7) is 13.8. The van der Waals surface area contributed by atoms with Gasteiger partial charge in [-0.05, 0) is 80.4 Å². The van der Waals surface area contributed by atoms with Crippen molar-refractivity contribution in [3.8, 4) is 0 Å². The highest BCUT2D eigenvalue weighted by Gasteiger charge is 2.71. The monoisotopic (exact) mass is 560 g/mol. The minimum absolute atomic E-state index is 0.263. The molecule has 2 heterocycles. The van der Waals surface area contributed by atoms with Gasteiger partial charge in [-0.1, -0.05) is 34.4 Å². The Hall–Kier alpha value is -1.98. The van der Waals surface area contributed by atoms with E-state index in [1.54, 1.807) is 32.9 Å². The number of hydrogen-bond acceptors (Lipinski definition) is 9. The molecule has 2 aliphatic heterocycles. The van der Waals surface area contributed by atoms with Gasteiger partial charge in [0.25, 0.3) is 0 Å². The van der Waals surface area contributed by atoms with Crippen LogP contribution < -0.4 is 0 Å². The predicted octanol–water partition coefficient (Wildman–Crippen LogP) is 3.07. The minimum atomic E-state index is -2.35. The van der Waals surface area contributed by atoms with Crippen LogP contribution in [0.15, 0.2) is 46.6 Å². The summed E-state index contributed by atoms with van der Waals surface area (Å²) < 4.78 is 25.1. The number of carbonyl (C=O) groups excluding carboxylic acids is 2. The predicted molar refractivity (Wildman–Crippen MR) is 147 cm³/mol. The highest BCUT2D eigenvalue weighted by atomic mass is 16.7. The van der Waals surface area contributed by atoms with Crippen LogP contribution in [-0.2, 0) is 28.5 Å². The summed E-state index contributed by atoms with van der Waals surface area (Å²) in [5.74, 6) is -6.70. The third-order valence-corrected chi connectivity index (χ3v) is 8.81. The highest BCUT2D eigenvalue weighted by Crippen LogP contribution is 2.53. The molecule has 4 aliphatic rings. The lowest BCUT2D eigenvalue weighted by molar-refractivity contribution is -0.348. The molecule has 4 rings (SSSR count). The number of fused-ring (bicyclic) bond motifs is 2. The van der Waals surface area contributed by atoms with Crippen LogP contribution in [0.25, 0.3) is 0 Å². The molecule has 9 nitrogen and oxygen atoms in total. The van der Waals surface area contributed by atoms with Crippen LogP contribution in [0.4, 0.5) is 0 Å². The fourth-order valence-electron chi connectivity index (χ4n) is 6.98. The van der Waals surface area contributed by atoms with E-state index in [0.717, 1.165) is 22.3 Å². The first kappa shape index (κ1) is 31.0. The van der Waals surface area contributed by atoms with Crippen molar-refractivity contribution in [2.75, 3.05) is 7.11 Å². The van der Waals surface area contributed by atoms with Crippen molar-refractivity contribution >= 4 is 11.6 Å². The molecule has 0 aromatic heterocycles. The molecule has 2 fully saturated rings. The Morgan fingerprint density at radius 1 is 0.850 bits per heavy atom. The molecule has 2 aliphatic carbocycles. The van der Waals surface area contributed by atoms with Gasteiger partial charge in [0, 0.05) is 7.11 Å². The van der Waals surface area contributed by atoms with E-state index in [9.17, 15) is 24.9 Å². The molecule has 2 unspecified atom stereocenters. The first-order valence-electron chi connectivity index (χ1n) is 13.9. The summed E-state index contributed by atoms with van der Waals surface area (Å²) >= 11 is 0. The van der Waals surface area contributed by atoms with Crippen molar-refractivity contribution in [2.24, 2.45) is 11.8 Å². The Balaban J connectivity index is 1.81. The number of ketones is 2. The van der Waals surface area contributed by atoms with Gasteiger partial charge < -0.3 is 34.3 Å². The van der Waals surface area contributed by atoms with Crippen LogP contribution in [0, 0.1) is 11.8 Å². The average Bonchev–Trinajstić information content (AvgIpc) is 3.15. The van der Waals surface area contributed by atoms with Crippen molar-refractivity contribution in [3.05, 3.63) is 46.6 Å². The summed E-state index contributed by atoms with van der Waals surface area (Å²) in [5.41, 5.74) is -0.696. The number of aliphatic hydroxyl groups is 3. The zero-order valence-electron chi connectivity index (χ0n) is 25.0. The van der Waals surface area contributed by atoms with E-state index < -0.39 is 59.0 Å². The van der Waals surface area contributed by atoms with Crippen LogP contribution in [-0.4, -0.2) is 81.2 Å². The first-order valence-corrected chi connectivity index (χ1v) is 13.9. The van der Waals surface area contributed by atoms with Crippen molar-refractivity contribution in [2.45, 2.75) is 115 Å². The van der Waals surface area contributed by atoms with E-state index in [2.05, 4.69) is 0 Å². The average molecular weight is 561 g/mol. The molecule has 9 heteroatoms. The lowest BCUT2D eigenvalue weighted by Gasteiger charge is -2.46. The third-order valence-electron chi connectivity index (χ3n) is 8.81. The van der Waals surface area contributed by atoms with Crippen molar-refractivity contribution in [1.82, 2.24) is 0 Å². The van der Waals surface area contributed by atoms with Crippen LogP contribution in [0.1, 0.15) is 68.2 Å². The summed E-state index contributed by atoms with van der Waals surface area (Å²) in [4.78, 5) is 26.1. The second-order valence-corrected chi connectivity index (χ2v) is 12.8. The third kappa shape index (κ3) is 4.69. The highest BCUT2D eigenvalue weighted by molar-refractivity contribution is 5.95. The van der Waals surface area contributed by atoms with Crippen molar-refractivity contribution in [1.29, 1.82) is 0 Å². The minimum Gasteiger partial charge on any atom is -0.384 e. The maximum absolute atomic E-state index is 13.1. The van der Waals surface area contributed by atoms with Crippen molar-refractivity contribution < 1.29 is 43.9 Å². The van der Waals surface area contributed by atoms with Gasteiger partial charge in [-0.3, -0.25) is 9.59 Å². The summed E-state index contributed by atoms with van der Waals surface area (Å²) in [6.07, 6.45) is 3.20. The Morgan fingerprint density at radius 3 is 1.77 bits per heavy atom. The van der Waals surface area contributed by atoms with E-state index in [0.29, 0.717) is 12.8 Å². The number of allylic oxidation sites excluding steroid dienone is 4. The number of rotatable bonds is 7. The molecule has 0 bridgehead atoms. The van der Waals surface area contributed by atoms with Crippen LogP contribution >= 0.6 is 0 Å². The lowest BCUT2D eigenvalue weighted by Crippen LogP contribution is -2.65. The van der Waals surface area contributed by atoms with Gasteiger partial charge in [0.2, 0.25) is 11.6 Å². The van der Waals surface area contributed by atoms with Gasteiger partial charge in [-0.15, -0.1) is 0 Å². The lowest BCUT2D eigenvalue weighted by atomic mass is 9.73. The SMILES string of the molecule is CO[C@@]1(C(C=C(C)C)OC(C=C(C)C)[C@]2(O)O[C@H]3CC(C)=CC(=O)[C@H]3[C@@]2(C)O)O[C@H]2CC(C)=CC(=O)[C@H]2[C@@]1(C)O. The zero-order chi connectivity index (χ0) is 30.0. The number of ether oxygens (including phenoxy) is 4. The van der Waals surface area contributed by atoms with Gasteiger partial charge in [0.15, 0.2) is 11.6 Å². The number of methoxy groups -OCH3 is 1. The maximum Gasteiger partial charge on any atom is 0.228 e. The molecule has 10 atom stereocenters. The molecule has 3 N–H and O–H groups in total. The molecular weight excluding hydrogens is 516 g/mol. The number of carbonyl (C=O) groups is 2. The Morgan fingerprint density at radius 2 is 1.30 bits per heavy atom. The van der Waals surface area contributed by atoms with Crippen molar-refractivity contribution in [3.63, 3.8) is 0 Å². The summed E-state index contributed by atoms with van der Waals surface area (Å²) in [5, 5.41) is 35.8. The summed E-state index contributed by atoms with van der Waals surface area (Å²) in [7, 11) is 1.38. The molecule has 0 amide bonds.